The van der Waals surface area contributed by atoms with E-state index in [1.54, 1.807) is 4.90 Å². The van der Waals surface area contributed by atoms with Gasteiger partial charge in [0.25, 0.3) is 0 Å². The molecule has 2 heteroatoms. The Labute approximate surface area is 78.9 Å². The first-order chi connectivity index (χ1) is 6.17. The van der Waals surface area contributed by atoms with Crippen LogP contribution in [-0.2, 0) is 4.79 Å². The second kappa shape index (κ2) is 2.72. The minimum absolute atomic E-state index is 0.000463. The zero-order valence-electron chi connectivity index (χ0n) is 7.88. The van der Waals surface area contributed by atoms with Crippen molar-refractivity contribution in [2.75, 3.05) is 6.54 Å². The number of likely N-dealkylation sites (tertiary alicyclic amines) is 1. The molecule has 2 rings (SSSR count). The predicted molar refractivity (Wildman–Crippen MR) is 52.0 cm³/mol. The molecular weight excluding hydrogens is 162 g/mol. The molecule has 1 aliphatic heterocycles. The summed E-state index contributed by atoms with van der Waals surface area (Å²) in [4.78, 5) is 13.1. The maximum absolute atomic E-state index is 11.4. The van der Waals surface area contributed by atoms with E-state index in [0.29, 0.717) is 5.41 Å². The molecule has 0 radical (unpaired) electrons. The third kappa shape index (κ3) is 1.41. The Bertz CT molecular complexity index is 276. The van der Waals surface area contributed by atoms with Gasteiger partial charge in [-0.3, -0.25) is 4.79 Å². The van der Waals surface area contributed by atoms with Crippen LogP contribution in [0.2, 0.25) is 0 Å². The minimum Gasteiger partial charge on any atom is -0.313 e. The van der Waals surface area contributed by atoms with E-state index in [4.69, 9.17) is 0 Å². The molecule has 0 aromatic rings. The molecule has 1 amide bonds. The molecule has 0 aromatic carbocycles. The fourth-order valence-corrected chi connectivity index (χ4v) is 2.10. The van der Waals surface area contributed by atoms with Crippen molar-refractivity contribution in [1.82, 2.24) is 4.90 Å². The van der Waals surface area contributed by atoms with Crippen LogP contribution < -0.4 is 0 Å². The Kier molecular flexibility index (Phi) is 1.79. The van der Waals surface area contributed by atoms with E-state index in [9.17, 15) is 4.79 Å². The highest BCUT2D eigenvalue weighted by molar-refractivity contribution is 5.88. The fraction of sp³-hybridized carbons (Fsp3) is 0.545. The summed E-state index contributed by atoms with van der Waals surface area (Å²) in [5.74, 6) is 0.000463. The third-order valence-electron chi connectivity index (χ3n) is 3.22. The zero-order valence-corrected chi connectivity index (χ0v) is 7.88. The molecule has 1 saturated heterocycles. The van der Waals surface area contributed by atoms with Crippen molar-refractivity contribution in [3.05, 3.63) is 24.9 Å². The number of hydrogen-bond acceptors (Lipinski definition) is 1. The van der Waals surface area contributed by atoms with Crippen LogP contribution >= 0.6 is 0 Å². The minimum atomic E-state index is 0.000463. The SMILES string of the molecule is C=CC(=O)N1CCC2(CC2)CC1=C. The standard InChI is InChI=1S/C11H15NO/c1-3-10(13)12-7-6-11(4-5-11)8-9(12)2/h3H,1-2,4-8H2. The van der Waals surface area contributed by atoms with Crippen LogP contribution in [0.4, 0.5) is 0 Å². The maximum Gasteiger partial charge on any atom is 0.250 e. The van der Waals surface area contributed by atoms with Gasteiger partial charge in [-0.25, -0.2) is 0 Å². The predicted octanol–water partition coefficient (Wildman–Crippen LogP) is 2.09. The van der Waals surface area contributed by atoms with Gasteiger partial charge in [-0.2, -0.15) is 0 Å². The van der Waals surface area contributed by atoms with Crippen LogP contribution in [0.15, 0.2) is 24.9 Å². The van der Waals surface area contributed by atoms with Crippen LogP contribution in [0.25, 0.3) is 0 Å². The lowest BCUT2D eigenvalue weighted by atomic mass is 9.91. The van der Waals surface area contributed by atoms with Gasteiger partial charge < -0.3 is 4.90 Å². The summed E-state index contributed by atoms with van der Waals surface area (Å²) >= 11 is 0. The summed E-state index contributed by atoms with van der Waals surface area (Å²) < 4.78 is 0. The highest BCUT2D eigenvalue weighted by atomic mass is 16.2. The number of carbonyl (C=O) groups is 1. The van der Waals surface area contributed by atoms with Crippen molar-refractivity contribution in [3.63, 3.8) is 0 Å². The van der Waals surface area contributed by atoms with Gasteiger partial charge in [-0.15, -0.1) is 0 Å². The highest BCUT2D eigenvalue weighted by Crippen LogP contribution is 2.55. The Hall–Kier alpha value is -1.05. The largest absolute Gasteiger partial charge is 0.313 e. The molecule has 2 nitrogen and oxygen atoms in total. The lowest BCUT2D eigenvalue weighted by Gasteiger charge is -2.33. The molecule has 1 saturated carbocycles. The quantitative estimate of drug-likeness (QED) is 0.562. The van der Waals surface area contributed by atoms with Crippen molar-refractivity contribution < 1.29 is 4.79 Å². The number of hydrogen-bond donors (Lipinski definition) is 0. The van der Waals surface area contributed by atoms with Crippen LogP contribution in [0.1, 0.15) is 25.7 Å². The summed E-state index contributed by atoms with van der Waals surface area (Å²) in [6.07, 6.45) is 6.17. The molecule has 70 valence electrons. The van der Waals surface area contributed by atoms with E-state index in [2.05, 4.69) is 13.2 Å². The normalized spacial score (nSPS) is 24.6. The fourth-order valence-electron chi connectivity index (χ4n) is 2.10. The van der Waals surface area contributed by atoms with Crippen LogP contribution in [0, 0.1) is 5.41 Å². The van der Waals surface area contributed by atoms with Gasteiger partial charge >= 0.3 is 0 Å². The Morgan fingerprint density at radius 3 is 2.62 bits per heavy atom. The molecule has 1 spiro atoms. The van der Waals surface area contributed by atoms with Crippen LogP contribution in [-0.4, -0.2) is 17.4 Å². The molecule has 0 aromatic heterocycles. The van der Waals surface area contributed by atoms with E-state index in [1.165, 1.54) is 18.9 Å². The molecular formula is C11H15NO. The zero-order chi connectivity index (χ0) is 9.47. The monoisotopic (exact) mass is 177 g/mol. The Balaban J connectivity index is 2.05. The highest BCUT2D eigenvalue weighted by Gasteiger charge is 2.46. The van der Waals surface area contributed by atoms with Crippen molar-refractivity contribution in [2.24, 2.45) is 5.41 Å². The van der Waals surface area contributed by atoms with Crippen molar-refractivity contribution in [3.8, 4) is 0 Å². The number of piperidine rings is 1. The Morgan fingerprint density at radius 2 is 2.15 bits per heavy atom. The Morgan fingerprint density at radius 1 is 1.46 bits per heavy atom. The topological polar surface area (TPSA) is 20.3 Å². The maximum atomic E-state index is 11.4. The second-order valence-corrected chi connectivity index (χ2v) is 4.19. The summed E-state index contributed by atoms with van der Waals surface area (Å²) in [5.41, 5.74) is 1.52. The van der Waals surface area contributed by atoms with E-state index in [1.807, 2.05) is 0 Å². The number of nitrogens with zero attached hydrogens (tertiary/aromatic N) is 1. The summed E-state index contributed by atoms with van der Waals surface area (Å²) in [6.45, 7) is 8.28. The molecule has 0 bridgehead atoms. The van der Waals surface area contributed by atoms with E-state index in [0.717, 1.165) is 25.1 Å². The lowest BCUT2D eigenvalue weighted by molar-refractivity contribution is -0.125. The smallest absolute Gasteiger partial charge is 0.250 e. The average Bonchev–Trinajstić information content (AvgIpc) is 2.84. The average molecular weight is 177 g/mol. The summed E-state index contributed by atoms with van der Waals surface area (Å²) in [7, 11) is 0. The second-order valence-electron chi connectivity index (χ2n) is 4.19. The van der Waals surface area contributed by atoms with Gasteiger partial charge in [0, 0.05) is 12.2 Å². The van der Waals surface area contributed by atoms with E-state index >= 15 is 0 Å². The van der Waals surface area contributed by atoms with Gasteiger partial charge in [0.2, 0.25) is 5.91 Å². The number of amides is 1. The van der Waals surface area contributed by atoms with Gasteiger partial charge in [-0.05, 0) is 37.2 Å². The first-order valence-electron chi connectivity index (χ1n) is 4.79. The first-order valence-corrected chi connectivity index (χ1v) is 4.79. The van der Waals surface area contributed by atoms with E-state index in [-0.39, 0.29) is 5.91 Å². The molecule has 2 aliphatic rings. The molecule has 1 heterocycles. The number of allylic oxidation sites excluding steroid dienone is 1. The first kappa shape index (κ1) is 8.54. The van der Waals surface area contributed by atoms with Crippen LogP contribution in [0.5, 0.6) is 0 Å². The van der Waals surface area contributed by atoms with Crippen LogP contribution in [0.3, 0.4) is 0 Å². The van der Waals surface area contributed by atoms with Gasteiger partial charge in [-0.1, -0.05) is 13.2 Å². The molecule has 0 unspecified atom stereocenters. The molecule has 13 heavy (non-hydrogen) atoms. The summed E-state index contributed by atoms with van der Waals surface area (Å²) in [6, 6.07) is 0. The molecule has 1 aliphatic carbocycles. The van der Waals surface area contributed by atoms with Crippen molar-refractivity contribution >= 4 is 5.91 Å². The number of rotatable bonds is 1. The molecule has 0 N–H and O–H groups in total. The van der Waals surface area contributed by atoms with Crippen molar-refractivity contribution in [2.45, 2.75) is 25.7 Å². The number of carbonyl (C=O) groups excluding carboxylic acids is 1. The molecule has 2 fully saturated rings. The van der Waals surface area contributed by atoms with Crippen molar-refractivity contribution in [1.29, 1.82) is 0 Å². The molecule has 0 atom stereocenters. The summed E-state index contributed by atoms with van der Waals surface area (Å²) in [5, 5.41) is 0. The lowest BCUT2D eigenvalue weighted by Crippen LogP contribution is -2.35. The van der Waals surface area contributed by atoms with E-state index < -0.39 is 0 Å². The van der Waals surface area contributed by atoms with Gasteiger partial charge in [0.05, 0.1) is 0 Å². The van der Waals surface area contributed by atoms with Gasteiger partial charge in [0.1, 0.15) is 0 Å². The third-order valence-corrected chi connectivity index (χ3v) is 3.22. The van der Waals surface area contributed by atoms with Gasteiger partial charge in [0.15, 0.2) is 0 Å².